The quantitative estimate of drug-likeness (QED) is 0.703. The van der Waals surface area contributed by atoms with E-state index in [1.54, 1.807) is 36.4 Å². The van der Waals surface area contributed by atoms with Gasteiger partial charge in [-0.1, -0.05) is 24.3 Å². The lowest BCUT2D eigenvalue weighted by Crippen LogP contribution is -2.38. The highest BCUT2D eigenvalue weighted by atomic mass is 32.2. The van der Waals surface area contributed by atoms with Crippen LogP contribution in [0.5, 0.6) is 0 Å². The molecule has 1 amide bonds. The highest BCUT2D eigenvalue weighted by Gasteiger charge is 2.28. The summed E-state index contributed by atoms with van der Waals surface area (Å²) in [5.74, 6) is 0.237. The van der Waals surface area contributed by atoms with E-state index in [9.17, 15) is 13.2 Å². The lowest BCUT2D eigenvalue weighted by Gasteiger charge is -2.12. The van der Waals surface area contributed by atoms with E-state index in [1.165, 1.54) is 18.2 Å². The van der Waals surface area contributed by atoms with E-state index in [-0.39, 0.29) is 16.8 Å². The lowest BCUT2D eigenvalue weighted by molar-refractivity contribution is 0.0950. The molecule has 25 heavy (non-hydrogen) atoms. The van der Waals surface area contributed by atoms with Crippen LogP contribution in [-0.4, -0.2) is 26.9 Å². The molecule has 0 aliphatic heterocycles. The van der Waals surface area contributed by atoms with Crippen LogP contribution in [0.2, 0.25) is 0 Å². The molecule has 1 saturated carbocycles. The molecule has 0 aromatic heterocycles. The average molecular weight is 359 g/mol. The minimum atomic E-state index is -3.69. The first-order chi connectivity index (χ1) is 12.0. The number of hydrogen-bond acceptors (Lipinski definition) is 4. The number of anilines is 1. The molecule has 132 valence electrons. The predicted octanol–water partition coefficient (Wildman–Crippen LogP) is 1.95. The van der Waals surface area contributed by atoms with Gasteiger partial charge in [-0.15, -0.1) is 0 Å². The first kappa shape index (κ1) is 17.4. The minimum Gasteiger partial charge on any atom is -0.350 e. The number of nitrogens with two attached hydrogens (primary N) is 1. The number of carbonyl (C=O) groups is 1. The number of nitrogens with one attached hydrogen (secondary N) is 2. The summed E-state index contributed by atoms with van der Waals surface area (Å²) in [5.41, 5.74) is 6.70. The van der Waals surface area contributed by atoms with E-state index < -0.39 is 10.0 Å². The van der Waals surface area contributed by atoms with Gasteiger partial charge in [0.05, 0.1) is 4.90 Å². The Morgan fingerprint density at radius 3 is 2.52 bits per heavy atom. The predicted molar refractivity (Wildman–Crippen MR) is 96.7 cm³/mol. The molecule has 0 spiro atoms. The molecular weight excluding hydrogens is 338 g/mol. The molecule has 1 aliphatic carbocycles. The Hall–Kier alpha value is -2.38. The molecule has 4 N–H and O–H groups in total. The van der Waals surface area contributed by atoms with Crippen molar-refractivity contribution < 1.29 is 13.2 Å². The molecule has 1 fully saturated rings. The summed E-state index contributed by atoms with van der Waals surface area (Å²) >= 11 is 0. The molecule has 0 heterocycles. The van der Waals surface area contributed by atoms with Crippen LogP contribution in [0.15, 0.2) is 59.5 Å². The Bertz CT molecular complexity index is 849. The van der Waals surface area contributed by atoms with Gasteiger partial charge in [-0.25, -0.2) is 8.42 Å². The van der Waals surface area contributed by atoms with Gasteiger partial charge in [0.25, 0.3) is 15.9 Å². The number of sulfonamides is 1. The molecule has 0 bridgehead atoms. The molecule has 1 unspecified atom stereocenters. The maximum absolute atomic E-state index is 12.4. The Kier molecular flexibility index (Phi) is 5.06. The fourth-order valence-corrected chi connectivity index (χ4v) is 3.61. The van der Waals surface area contributed by atoms with Crippen LogP contribution in [-0.2, 0) is 10.0 Å². The lowest BCUT2D eigenvalue weighted by atomic mass is 10.1. The largest absolute Gasteiger partial charge is 0.350 e. The molecule has 0 radical (unpaired) electrons. The summed E-state index contributed by atoms with van der Waals surface area (Å²) in [4.78, 5) is 12.4. The van der Waals surface area contributed by atoms with Crippen LogP contribution in [0, 0.1) is 5.92 Å². The Labute approximate surface area is 147 Å². The maximum atomic E-state index is 12.4. The van der Waals surface area contributed by atoms with Crippen molar-refractivity contribution >= 4 is 21.6 Å². The molecule has 7 heteroatoms. The molecule has 6 nitrogen and oxygen atoms in total. The van der Waals surface area contributed by atoms with Crippen LogP contribution < -0.4 is 15.8 Å². The van der Waals surface area contributed by atoms with Gasteiger partial charge in [-0.2, -0.15) is 0 Å². The van der Waals surface area contributed by atoms with Gasteiger partial charge in [0.2, 0.25) is 0 Å². The first-order valence-electron chi connectivity index (χ1n) is 8.17. The van der Waals surface area contributed by atoms with E-state index in [0.717, 1.165) is 12.8 Å². The summed E-state index contributed by atoms with van der Waals surface area (Å²) in [6.45, 7) is 0.420. The second-order valence-electron chi connectivity index (χ2n) is 6.21. The van der Waals surface area contributed by atoms with E-state index in [1.807, 2.05) is 0 Å². The van der Waals surface area contributed by atoms with E-state index in [4.69, 9.17) is 5.73 Å². The molecule has 2 aromatic carbocycles. The highest BCUT2D eigenvalue weighted by Crippen LogP contribution is 2.31. The van der Waals surface area contributed by atoms with Gasteiger partial charge in [0.15, 0.2) is 0 Å². The van der Waals surface area contributed by atoms with Crippen molar-refractivity contribution in [1.29, 1.82) is 0 Å². The van der Waals surface area contributed by atoms with Crippen LogP contribution in [0.3, 0.4) is 0 Å². The number of amides is 1. The highest BCUT2D eigenvalue weighted by molar-refractivity contribution is 7.92. The molecule has 3 rings (SSSR count). The Balaban J connectivity index is 1.67. The van der Waals surface area contributed by atoms with Crippen molar-refractivity contribution in [2.75, 3.05) is 11.3 Å². The summed E-state index contributed by atoms with van der Waals surface area (Å²) in [6, 6.07) is 14.4. The zero-order valence-electron chi connectivity index (χ0n) is 13.7. The third-order valence-corrected chi connectivity index (χ3v) is 5.55. The van der Waals surface area contributed by atoms with Gasteiger partial charge >= 0.3 is 0 Å². The van der Waals surface area contributed by atoms with Gasteiger partial charge < -0.3 is 11.1 Å². The topological polar surface area (TPSA) is 101 Å². The molecule has 1 atom stereocenters. The summed E-state index contributed by atoms with van der Waals surface area (Å²) in [7, 11) is -3.69. The molecule has 0 saturated heterocycles. The van der Waals surface area contributed by atoms with E-state index in [2.05, 4.69) is 10.0 Å². The zero-order valence-corrected chi connectivity index (χ0v) is 14.5. The smallest absolute Gasteiger partial charge is 0.261 e. The van der Waals surface area contributed by atoms with Gasteiger partial charge in [0, 0.05) is 23.8 Å². The van der Waals surface area contributed by atoms with Gasteiger partial charge in [-0.05, 0) is 49.1 Å². The normalized spacial score (nSPS) is 15.4. The molecular formula is C18H21N3O3S. The van der Waals surface area contributed by atoms with E-state index >= 15 is 0 Å². The average Bonchev–Trinajstić information content (AvgIpc) is 3.45. The Morgan fingerprint density at radius 1 is 1.12 bits per heavy atom. The van der Waals surface area contributed by atoms with Crippen molar-refractivity contribution in [1.82, 2.24) is 5.32 Å². The van der Waals surface area contributed by atoms with Crippen molar-refractivity contribution in [3.8, 4) is 0 Å². The zero-order chi connectivity index (χ0) is 17.9. The van der Waals surface area contributed by atoms with Crippen LogP contribution in [0.25, 0.3) is 0 Å². The third kappa shape index (κ3) is 4.58. The summed E-state index contributed by atoms with van der Waals surface area (Å²) < 4.78 is 27.2. The van der Waals surface area contributed by atoms with Gasteiger partial charge in [-0.3, -0.25) is 9.52 Å². The van der Waals surface area contributed by atoms with Crippen molar-refractivity contribution in [2.24, 2.45) is 11.7 Å². The van der Waals surface area contributed by atoms with Crippen molar-refractivity contribution in [3.05, 3.63) is 60.2 Å². The number of carbonyl (C=O) groups excluding carboxylic acids is 1. The standard InChI is InChI=1S/C18H21N3O3S/c19-17(13-9-10-13)12-20-18(22)14-5-4-6-15(11-14)21-25(23,24)16-7-2-1-3-8-16/h1-8,11,13,17,21H,9-10,12,19H2,(H,20,22). The van der Waals surface area contributed by atoms with Crippen molar-refractivity contribution in [3.63, 3.8) is 0 Å². The third-order valence-electron chi connectivity index (χ3n) is 4.16. The molecule has 1 aliphatic rings. The fraction of sp³-hybridized carbons (Fsp3) is 0.278. The number of benzene rings is 2. The second-order valence-corrected chi connectivity index (χ2v) is 7.89. The summed E-state index contributed by atoms with van der Waals surface area (Å²) in [6.07, 6.45) is 2.24. The number of rotatable bonds is 7. The number of hydrogen-bond donors (Lipinski definition) is 3. The van der Waals surface area contributed by atoms with Crippen LogP contribution in [0.1, 0.15) is 23.2 Å². The van der Waals surface area contributed by atoms with Crippen LogP contribution >= 0.6 is 0 Å². The van der Waals surface area contributed by atoms with Gasteiger partial charge in [0.1, 0.15) is 0 Å². The molecule has 2 aromatic rings. The maximum Gasteiger partial charge on any atom is 0.261 e. The Morgan fingerprint density at radius 2 is 1.84 bits per heavy atom. The van der Waals surface area contributed by atoms with Crippen LogP contribution in [0.4, 0.5) is 5.69 Å². The monoisotopic (exact) mass is 359 g/mol. The first-order valence-corrected chi connectivity index (χ1v) is 9.66. The SMILES string of the molecule is NC(CNC(=O)c1cccc(NS(=O)(=O)c2ccccc2)c1)C1CC1. The summed E-state index contributed by atoms with van der Waals surface area (Å²) in [5, 5.41) is 2.80. The fourth-order valence-electron chi connectivity index (χ4n) is 2.54. The van der Waals surface area contributed by atoms with E-state index in [0.29, 0.717) is 23.7 Å². The van der Waals surface area contributed by atoms with Crippen molar-refractivity contribution in [2.45, 2.75) is 23.8 Å². The second kappa shape index (κ2) is 7.25. The minimum absolute atomic E-state index is 0.0243.